The maximum absolute atomic E-state index is 13.9. The van der Waals surface area contributed by atoms with Crippen LogP contribution in [-0.2, 0) is 19.6 Å². The lowest BCUT2D eigenvalue weighted by atomic mass is 9.49. The minimum atomic E-state index is -3.75. The molecule has 3 aliphatic carbocycles. The molecule has 1 heterocycles. The summed E-state index contributed by atoms with van der Waals surface area (Å²) in [4.78, 5) is 16.7. The van der Waals surface area contributed by atoms with Gasteiger partial charge in [0.05, 0.1) is 23.7 Å². The molecule has 0 spiro atoms. The molecule has 0 unspecified atom stereocenters. The van der Waals surface area contributed by atoms with Crippen LogP contribution >= 0.6 is 0 Å². The fourth-order valence-corrected chi connectivity index (χ4v) is 7.16. The summed E-state index contributed by atoms with van der Waals surface area (Å²) >= 11 is 0. The van der Waals surface area contributed by atoms with Crippen LogP contribution in [0.25, 0.3) is 0 Å². The van der Waals surface area contributed by atoms with Gasteiger partial charge in [-0.2, -0.15) is 4.31 Å². The second kappa shape index (κ2) is 9.56. The Morgan fingerprint density at radius 1 is 1.22 bits per heavy atom. The highest BCUT2D eigenvalue weighted by atomic mass is 32.2. The molecule has 0 saturated heterocycles. The molecule has 1 atom stereocenters. The largest absolute Gasteiger partial charge is 0.462 e. The summed E-state index contributed by atoms with van der Waals surface area (Å²) in [5.41, 5.74) is 0.959. The lowest BCUT2D eigenvalue weighted by Gasteiger charge is -2.67. The van der Waals surface area contributed by atoms with Gasteiger partial charge in [0.2, 0.25) is 10.0 Å². The zero-order chi connectivity index (χ0) is 26.5. The maximum Gasteiger partial charge on any atom is 0.334 e. The first-order valence-electron chi connectivity index (χ1n) is 12.9. The molecule has 0 amide bonds. The van der Waals surface area contributed by atoms with Crippen LogP contribution in [0.15, 0.2) is 29.4 Å². The molecule has 1 aromatic carbocycles. The van der Waals surface area contributed by atoms with Crippen molar-refractivity contribution in [1.29, 1.82) is 0 Å². The molecule has 1 aliphatic heterocycles. The van der Waals surface area contributed by atoms with Crippen LogP contribution in [0.5, 0.6) is 5.75 Å². The van der Waals surface area contributed by atoms with Crippen molar-refractivity contribution in [3.05, 3.63) is 24.5 Å². The van der Waals surface area contributed by atoms with E-state index in [1.165, 1.54) is 12.3 Å². The number of esters is 1. The van der Waals surface area contributed by atoms with Gasteiger partial charge in [-0.3, -0.25) is 0 Å². The number of carbonyl (C=O) groups excluding carboxylic acids is 1. The predicted octanol–water partition coefficient (Wildman–Crippen LogP) is 4.54. The number of nitrogens with zero attached hydrogens (tertiary/aromatic N) is 3. The number of anilines is 2. The first-order chi connectivity index (χ1) is 16.8. The molecular formula is C27H41N3O5S. The van der Waals surface area contributed by atoms with E-state index in [0.717, 1.165) is 55.8 Å². The highest BCUT2D eigenvalue weighted by Gasteiger charge is 2.61. The minimum absolute atomic E-state index is 0.0627. The molecule has 0 radical (unpaired) electrons. The summed E-state index contributed by atoms with van der Waals surface area (Å²) in [5.74, 6) is 0.624. The van der Waals surface area contributed by atoms with Crippen LogP contribution in [-0.4, -0.2) is 63.6 Å². The average Bonchev–Trinajstić information content (AvgIpc) is 2.77. The smallest absolute Gasteiger partial charge is 0.334 e. The Balaban J connectivity index is 1.75. The lowest BCUT2D eigenvalue weighted by molar-refractivity contribution is -0.148. The zero-order valence-corrected chi connectivity index (χ0v) is 23.5. The summed E-state index contributed by atoms with van der Waals surface area (Å²) in [6.07, 6.45) is 8.71. The topological polar surface area (TPSA) is 79.4 Å². The number of rotatable bonds is 8. The number of benzene rings is 1. The summed E-state index contributed by atoms with van der Waals surface area (Å²) < 4.78 is 40.5. The Morgan fingerprint density at radius 3 is 2.42 bits per heavy atom. The second-order valence-electron chi connectivity index (χ2n) is 11.8. The Morgan fingerprint density at radius 2 is 1.89 bits per heavy atom. The monoisotopic (exact) mass is 519 g/mol. The predicted molar refractivity (Wildman–Crippen MR) is 142 cm³/mol. The van der Waals surface area contributed by atoms with E-state index in [4.69, 9.17) is 9.47 Å². The second-order valence-corrected chi connectivity index (χ2v) is 13.7. The molecule has 8 nitrogen and oxygen atoms in total. The number of fused-ring (bicyclic) bond motifs is 1. The van der Waals surface area contributed by atoms with Crippen LogP contribution in [0.1, 0.15) is 66.2 Å². The highest BCUT2D eigenvalue weighted by molar-refractivity contribution is 7.89. The van der Waals surface area contributed by atoms with Crippen molar-refractivity contribution in [2.75, 3.05) is 37.5 Å². The first kappa shape index (κ1) is 26.8. The highest BCUT2D eigenvalue weighted by Crippen LogP contribution is 2.62. The van der Waals surface area contributed by atoms with Crippen LogP contribution < -0.4 is 14.5 Å². The van der Waals surface area contributed by atoms with Gasteiger partial charge in [-0.15, -0.1) is 0 Å². The van der Waals surface area contributed by atoms with Gasteiger partial charge in [-0.05, 0) is 58.4 Å². The SMILES string of the molecule is CCCC[C@@H]1CN(C23CC(C2)C3)c2cc(N(C)C)c(O/C=C/C(=O)OC(C)(C)C)cc2S(=O)(=O)N1C. The Labute approximate surface area is 216 Å². The molecule has 3 fully saturated rings. The summed E-state index contributed by atoms with van der Waals surface area (Å²) in [5, 5.41) is 0. The van der Waals surface area contributed by atoms with Crippen molar-refractivity contribution < 1.29 is 22.7 Å². The van der Waals surface area contributed by atoms with Gasteiger partial charge in [-0.25, -0.2) is 13.2 Å². The summed E-state index contributed by atoms with van der Waals surface area (Å²) in [6, 6.07) is 3.48. The molecule has 0 N–H and O–H groups in total. The number of hydrogen-bond donors (Lipinski definition) is 0. The lowest BCUT2D eigenvalue weighted by Crippen LogP contribution is -2.69. The van der Waals surface area contributed by atoms with E-state index in [1.54, 1.807) is 38.2 Å². The van der Waals surface area contributed by atoms with Gasteiger partial charge in [0.25, 0.3) is 0 Å². The van der Waals surface area contributed by atoms with Crippen LogP contribution in [0, 0.1) is 5.92 Å². The quantitative estimate of drug-likeness (QED) is 0.283. The number of likely N-dealkylation sites (N-methyl/N-ethyl adjacent to an activating group) is 1. The molecule has 5 rings (SSSR count). The molecular weight excluding hydrogens is 478 g/mol. The third kappa shape index (κ3) is 4.96. The number of ether oxygens (including phenoxy) is 2. The van der Waals surface area contributed by atoms with Gasteiger partial charge in [0.1, 0.15) is 10.5 Å². The molecule has 36 heavy (non-hydrogen) atoms. The fraction of sp³-hybridized carbons (Fsp3) is 0.667. The summed E-state index contributed by atoms with van der Waals surface area (Å²) in [6.45, 7) is 8.22. The molecule has 200 valence electrons. The number of unbranched alkanes of at least 4 members (excludes halogenated alkanes) is 1. The number of sulfonamides is 1. The number of carbonyl (C=O) groups is 1. The van der Waals surface area contributed by atoms with Gasteiger partial charge in [0.15, 0.2) is 5.75 Å². The molecule has 1 aromatic rings. The molecule has 3 saturated carbocycles. The third-order valence-corrected chi connectivity index (χ3v) is 9.59. The normalized spacial score (nSPS) is 27.0. The minimum Gasteiger partial charge on any atom is -0.462 e. The summed E-state index contributed by atoms with van der Waals surface area (Å²) in [7, 11) is 1.76. The first-order valence-corrected chi connectivity index (χ1v) is 14.4. The Hall–Kier alpha value is -2.26. The molecule has 9 heteroatoms. The van der Waals surface area contributed by atoms with Gasteiger partial charge in [-0.1, -0.05) is 19.8 Å². The number of hydrogen-bond acceptors (Lipinski definition) is 7. The molecule has 2 bridgehead atoms. The van der Waals surface area contributed by atoms with E-state index in [2.05, 4.69) is 11.8 Å². The standard InChI is InChI=1S/C27H41N3O5S/c1-8-9-10-20-18-30(27-15-19(16-27)17-27)22-13-21(28(5)6)23(14-24(22)36(32,33)29(20)7)34-12-11-25(31)35-26(2,3)4/h11-14,19-20H,8-10,15-18H2,1-7H3/b12-11+/t19?,20-,27?/m1/s1. The molecule has 0 aromatic heterocycles. The van der Waals surface area contributed by atoms with Crippen molar-refractivity contribution >= 4 is 27.4 Å². The van der Waals surface area contributed by atoms with Crippen molar-refractivity contribution in [3.8, 4) is 5.75 Å². The van der Waals surface area contributed by atoms with Crippen molar-refractivity contribution in [1.82, 2.24) is 4.31 Å². The maximum atomic E-state index is 13.9. The third-order valence-electron chi connectivity index (χ3n) is 7.65. The van der Waals surface area contributed by atoms with E-state index >= 15 is 0 Å². The van der Waals surface area contributed by atoms with Crippen molar-refractivity contribution in [2.24, 2.45) is 5.92 Å². The Bertz CT molecular complexity index is 1120. The van der Waals surface area contributed by atoms with E-state index in [-0.39, 0.29) is 16.5 Å². The fourth-order valence-electron chi connectivity index (χ4n) is 5.60. The van der Waals surface area contributed by atoms with E-state index in [1.807, 2.05) is 25.1 Å². The van der Waals surface area contributed by atoms with Crippen molar-refractivity contribution in [2.45, 2.75) is 88.3 Å². The van der Waals surface area contributed by atoms with E-state index < -0.39 is 21.6 Å². The Kier molecular flexibility index (Phi) is 7.11. The van der Waals surface area contributed by atoms with Crippen LogP contribution in [0.2, 0.25) is 0 Å². The van der Waals surface area contributed by atoms with E-state index in [9.17, 15) is 13.2 Å². The average molecular weight is 520 g/mol. The van der Waals surface area contributed by atoms with E-state index in [0.29, 0.717) is 12.3 Å². The van der Waals surface area contributed by atoms with Gasteiger partial charge < -0.3 is 19.3 Å². The van der Waals surface area contributed by atoms with Crippen LogP contribution in [0.4, 0.5) is 11.4 Å². The van der Waals surface area contributed by atoms with Gasteiger partial charge >= 0.3 is 5.97 Å². The molecule has 4 aliphatic rings. The zero-order valence-electron chi connectivity index (χ0n) is 22.7. The van der Waals surface area contributed by atoms with Gasteiger partial charge in [0, 0.05) is 45.3 Å². The van der Waals surface area contributed by atoms with Crippen molar-refractivity contribution in [3.63, 3.8) is 0 Å². The van der Waals surface area contributed by atoms with Crippen LogP contribution in [0.3, 0.4) is 0 Å².